The second-order valence-corrected chi connectivity index (χ2v) is 9.59. The van der Waals surface area contributed by atoms with Crippen molar-refractivity contribution in [1.29, 1.82) is 0 Å². The second kappa shape index (κ2) is 8.29. The number of aromatic nitrogens is 5. The number of rotatable bonds is 4. The Morgan fingerprint density at radius 3 is 2.76 bits per heavy atom. The van der Waals surface area contributed by atoms with E-state index in [0.717, 1.165) is 11.3 Å². The number of aryl methyl sites for hydroxylation is 1. The molecule has 0 radical (unpaired) electrons. The summed E-state index contributed by atoms with van der Waals surface area (Å²) in [5.41, 5.74) is 3.87. The van der Waals surface area contributed by atoms with E-state index in [1.807, 2.05) is 23.9 Å². The van der Waals surface area contributed by atoms with Gasteiger partial charge in [0.15, 0.2) is 0 Å². The Labute approximate surface area is 201 Å². The van der Waals surface area contributed by atoms with Crippen molar-refractivity contribution in [3.63, 3.8) is 0 Å². The quantitative estimate of drug-likeness (QED) is 0.397. The molecular weight excluding hydrogens is 455 g/mol. The third-order valence-electron chi connectivity index (χ3n) is 6.32. The summed E-state index contributed by atoms with van der Waals surface area (Å²) in [5, 5.41) is 4.86. The number of fused-ring (bicyclic) bond motifs is 1. The number of pyridine rings is 1. The summed E-state index contributed by atoms with van der Waals surface area (Å²) in [6, 6.07) is 7.04. The molecule has 34 heavy (non-hydrogen) atoms. The minimum absolute atomic E-state index is 0.0140. The number of ether oxygens (including phenoxy) is 1. The molecule has 1 aliphatic carbocycles. The Hall–Kier alpha value is -3.10. The van der Waals surface area contributed by atoms with Gasteiger partial charge in [-0.3, -0.25) is 9.67 Å². The van der Waals surface area contributed by atoms with Gasteiger partial charge in [-0.25, -0.2) is 14.4 Å². The zero-order chi connectivity index (χ0) is 23.4. The molecule has 9 heteroatoms. The summed E-state index contributed by atoms with van der Waals surface area (Å²) in [5.74, 6) is 0.271. The first-order valence-corrected chi connectivity index (χ1v) is 11.9. The van der Waals surface area contributed by atoms with Crippen LogP contribution in [-0.2, 0) is 4.74 Å². The largest absolute Gasteiger partial charge is 0.367 e. The number of halogens is 2. The molecule has 2 aliphatic rings. The molecule has 1 saturated heterocycles. The van der Waals surface area contributed by atoms with Crippen LogP contribution in [0.25, 0.3) is 22.3 Å². The third kappa shape index (κ3) is 4.01. The number of hydrogen-bond acceptors (Lipinski definition) is 6. The van der Waals surface area contributed by atoms with E-state index in [9.17, 15) is 4.39 Å². The van der Waals surface area contributed by atoms with E-state index in [0.29, 0.717) is 52.3 Å². The number of nitrogens with zero attached hydrogens (tertiary/aromatic N) is 6. The van der Waals surface area contributed by atoms with Crippen LogP contribution < -0.4 is 4.90 Å². The predicted octanol–water partition coefficient (Wildman–Crippen LogP) is 5.29. The van der Waals surface area contributed by atoms with Crippen molar-refractivity contribution >= 4 is 28.5 Å². The number of hydrogen-bond donors (Lipinski definition) is 0. The third-order valence-corrected chi connectivity index (χ3v) is 6.56. The molecule has 0 bridgehead atoms. The maximum absolute atomic E-state index is 14.9. The van der Waals surface area contributed by atoms with Gasteiger partial charge in [0.2, 0.25) is 0 Å². The first-order valence-electron chi connectivity index (χ1n) is 11.5. The molecule has 1 saturated carbocycles. The van der Waals surface area contributed by atoms with E-state index >= 15 is 0 Å². The molecule has 6 rings (SSSR count). The number of morpholine rings is 1. The van der Waals surface area contributed by atoms with E-state index in [-0.39, 0.29) is 12.2 Å². The van der Waals surface area contributed by atoms with Crippen LogP contribution in [0.3, 0.4) is 0 Å². The smallest absolute Gasteiger partial charge is 0.134 e. The number of anilines is 1. The van der Waals surface area contributed by atoms with Crippen molar-refractivity contribution in [2.75, 3.05) is 18.0 Å². The molecule has 0 amide bonds. The summed E-state index contributed by atoms with van der Waals surface area (Å²) in [6.07, 6.45) is 7.88. The van der Waals surface area contributed by atoms with Crippen molar-refractivity contribution < 1.29 is 9.13 Å². The minimum atomic E-state index is -0.443. The molecule has 0 unspecified atom stereocenters. The summed E-state index contributed by atoms with van der Waals surface area (Å²) in [4.78, 5) is 16.3. The molecule has 1 aliphatic heterocycles. The molecule has 4 aromatic rings. The Kier molecular flexibility index (Phi) is 5.22. The van der Waals surface area contributed by atoms with Gasteiger partial charge in [0.25, 0.3) is 0 Å². The van der Waals surface area contributed by atoms with Crippen LogP contribution in [0, 0.1) is 12.7 Å². The lowest BCUT2D eigenvalue weighted by Crippen LogP contribution is -2.43. The molecule has 0 N–H and O–H groups in total. The second-order valence-electron chi connectivity index (χ2n) is 9.16. The van der Waals surface area contributed by atoms with Gasteiger partial charge in [0.05, 0.1) is 36.1 Å². The Balaban J connectivity index is 1.41. The SMILES string of the molecule is Cc1cnc2c(-c3ccc(Cl)cc3F)nc(N3C[C@H](C)O[C@@H](c4cnn(C5CC5)c4)C3)cc2n1. The highest BCUT2D eigenvalue weighted by Gasteiger charge is 2.31. The van der Waals surface area contributed by atoms with Crippen molar-refractivity contribution in [1.82, 2.24) is 24.7 Å². The van der Waals surface area contributed by atoms with Crippen molar-refractivity contribution in [3.05, 3.63) is 65.0 Å². The normalized spacial score (nSPS) is 20.8. The highest BCUT2D eigenvalue weighted by atomic mass is 35.5. The lowest BCUT2D eigenvalue weighted by Gasteiger charge is -2.37. The molecule has 4 heterocycles. The van der Waals surface area contributed by atoms with Crippen molar-refractivity contribution in [2.45, 2.75) is 44.9 Å². The van der Waals surface area contributed by atoms with Gasteiger partial charge in [-0.1, -0.05) is 11.6 Å². The molecular formula is C25H24ClFN6O. The lowest BCUT2D eigenvalue weighted by atomic mass is 10.1. The Bertz CT molecular complexity index is 1390. The molecule has 7 nitrogen and oxygen atoms in total. The molecule has 0 spiro atoms. The zero-order valence-electron chi connectivity index (χ0n) is 18.9. The highest BCUT2D eigenvalue weighted by Crippen LogP contribution is 2.37. The van der Waals surface area contributed by atoms with E-state index in [1.54, 1.807) is 18.3 Å². The standard InChI is InChI=1S/C25H24ClFN6O/c1-14-9-28-25-21(30-14)8-23(31-24(25)19-6-3-17(26)7-20(19)27)32-11-15(2)34-22(13-32)16-10-29-33(12-16)18-4-5-18/h3,6-10,12,15,18,22H,4-5,11,13H2,1-2H3/t15-,22+/m0/s1. The van der Waals surface area contributed by atoms with Crippen molar-refractivity contribution in [3.8, 4) is 11.3 Å². The summed E-state index contributed by atoms with van der Waals surface area (Å²) >= 11 is 5.99. The van der Waals surface area contributed by atoms with Crippen LogP contribution in [0.4, 0.5) is 10.2 Å². The lowest BCUT2D eigenvalue weighted by molar-refractivity contribution is -0.0176. The molecule has 174 valence electrons. The fourth-order valence-electron chi connectivity index (χ4n) is 4.51. The summed E-state index contributed by atoms with van der Waals surface area (Å²) in [7, 11) is 0. The van der Waals surface area contributed by atoms with E-state index in [1.165, 1.54) is 18.9 Å². The highest BCUT2D eigenvalue weighted by molar-refractivity contribution is 6.30. The van der Waals surface area contributed by atoms with Gasteiger partial charge >= 0.3 is 0 Å². The predicted molar refractivity (Wildman–Crippen MR) is 128 cm³/mol. The van der Waals surface area contributed by atoms with Crippen molar-refractivity contribution in [2.24, 2.45) is 0 Å². The van der Waals surface area contributed by atoms with Crippen LogP contribution in [0.15, 0.2) is 42.9 Å². The summed E-state index contributed by atoms with van der Waals surface area (Å²) in [6.45, 7) is 5.21. The van der Waals surface area contributed by atoms with E-state index < -0.39 is 5.82 Å². The van der Waals surface area contributed by atoms with Crippen LogP contribution in [0.5, 0.6) is 0 Å². The monoisotopic (exact) mass is 478 g/mol. The molecule has 2 fully saturated rings. The fraction of sp³-hybridized carbons (Fsp3) is 0.360. The molecule has 3 aromatic heterocycles. The average molecular weight is 479 g/mol. The van der Waals surface area contributed by atoms with Gasteiger partial charge in [-0.15, -0.1) is 0 Å². The Morgan fingerprint density at radius 1 is 1.12 bits per heavy atom. The van der Waals surface area contributed by atoms with Crippen LogP contribution >= 0.6 is 11.6 Å². The first kappa shape index (κ1) is 21.4. The molecule has 1 aromatic carbocycles. The van der Waals surface area contributed by atoms with E-state index in [2.05, 4.69) is 33.1 Å². The Morgan fingerprint density at radius 2 is 1.97 bits per heavy atom. The van der Waals surface area contributed by atoms with Gasteiger partial charge in [0, 0.05) is 41.2 Å². The van der Waals surface area contributed by atoms with Crippen LogP contribution in [-0.4, -0.2) is 43.9 Å². The first-order chi connectivity index (χ1) is 16.4. The van der Waals surface area contributed by atoms with Gasteiger partial charge in [-0.2, -0.15) is 5.10 Å². The maximum atomic E-state index is 14.9. The maximum Gasteiger partial charge on any atom is 0.134 e. The van der Waals surface area contributed by atoms with Gasteiger partial charge in [0.1, 0.15) is 28.9 Å². The molecule has 2 atom stereocenters. The van der Waals surface area contributed by atoms with Gasteiger partial charge < -0.3 is 9.64 Å². The minimum Gasteiger partial charge on any atom is -0.367 e. The number of benzene rings is 1. The topological polar surface area (TPSA) is 69.0 Å². The zero-order valence-corrected chi connectivity index (χ0v) is 19.7. The van der Waals surface area contributed by atoms with Crippen LogP contribution in [0.1, 0.15) is 43.2 Å². The van der Waals surface area contributed by atoms with Gasteiger partial charge in [-0.05, 0) is 44.9 Å². The summed E-state index contributed by atoms with van der Waals surface area (Å²) < 4.78 is 23.2. The average Bonchev–Trinajstić information content (AvgIpc) is 3.54. The van der Waals surface area contributed by atoms with Crippen LogP contribution in [0.2, 0.25) is 5.02 Å². The fourth-order valence-corrected chi connectivity index (χ4v) is 4.67. The van der Waals surface area contributed by atoms with E-state index in [4.69, 9.17) is 21.3 Å².